The van der Waals surface area contributed by atoms with E-state index in [1.165, 1.54) is 17.7 Å². The minimum Gasteiger partial charge on any atom is -0.353 e. The average molecular weight is 432 g/mol. The summed E-state index contributed by atoms with van der Waals surface area (Å²) in [6, 6.07) is 4.65. The van der Waals surface area contributed by atoms with Crippen molar-refractivity contribution in [1.29, 1.82) is 0 Å². The van der Waals surface area contributed by atoms with E-state index in [0.29, 0.717) is 25.4 Å². The van der Waals surface area contributed by atoms with E-state index >= 15 is 0 Å². The van der Waals surface area contributed by atoms with Gasteiger partial charge in [0, 0.05) is 44.0 Å². The first-order valence-corrected chi connectivity index (χ1v) is 10.9. The molecule has 0 bridgehead atoms. The molecule has 1 aliphatic heterocycles. The van der Waals surface area contributed by atoms with Crippen molar-refractivity contribution < 1.29 is 9.18 Å². The van der Waals surface area contributed by atoms with Crippen LogP contribution >= 0.6 is 11.6 Å². The average Bonchev–Trinajstić information content (AvgIpc) is 3.15. The molecule has 1 fully saturated rings. The summed E-state index contributed by atoms with van der Waals surface area (Å²) >= 11 is 5.76. The Kier molecular flexibility index (Phi) is 6.20. The first-order valence-electron chi connectivity index (χ1n) is 10.5. The lowest BCUT2D eigenvalue weighted by atomic mass is 9.97. The molecule has 8 heteroatoms. The number of aryl methyl sites for hydroxylation is 1. The van der Waals surface area contributed by atoms with E-state index in [4.69, 9.17) is 17.3 Å². The molecule has 2 heterocycles. The highest BCUT2D eigenvalue weighted by Crippen LogP contribution is 2.37. The van der Waals surface area contributed by atoms with E-state index in [0.717, 1.165) is 43.0 Å². The number of carbonyl (C=O) groups is 1. The Hall–Kier alpha value is -2.25. The van der Waals surface area contributed by atoms with Crippen molar-refractivity contribution >= 4 is 23.3 Å². The Morgan fingerprint density at radius 1 is 1.30 bits per heavy atom. The number of nitrogens with two attached hydrogens (primary N) is 1. The third-order valence-electron chi connectivity index (χ3n) is 6.24. The predicted octanol–water partition coefficient (Wildman–Crippen LogP) is 2.79. The highest BCUT2D eigenvalue weighted by atomic mass is 35.5. The lowest BCUT2D eigenvalue weighted by Crippen LogP contribution is -2.52. The third kappa shape index (κ3) is 4.14. The zero-order valence-electron chi connectivity index (χ0n) is 17.2. The number of rotatable bonds is 5. The van der Waals surface area contributed by atoms with Crippen molar-refractivity contribution in [3.05, 3.63) is 52.2 Å². The lowest BCUT2D eigenvalue weighted by Gasteiger charge is -2.37. The highest BCUT2D eigenvalue weighted by molar-refractivity contribution is 6.30. The number of carbonyl (C=O) groups excluding carboxylic acids is 1. The Bertz CT molecular complexity index is 932. The fourth-order valence-electron chi connectivity index (χ4n) is 4.49. The van der Waals surface area contributed by atoms with Crippen LogP contribution in [0.5, 0.6) is 0 Å². The monoisotopic (exact) mass is 431 g/mol. The van der Waals surface area contributed by atoms with Gasteiger partial charge < -0.3 is 15.5 Å². The Morgan fingerprint density at radius 2 is 2.07 bits per heavy atom. The Morgan fingerprint density at radius 3 is 2.77 bits per heavy atom. The second-order valence-corrected chi connectivity index (χ2v) is 8.60. The number of hydrogen-bond acceptors (Lipinski definition) is 5. The molecule has 2 atom stereocenters. The van der Waals surface area contributed by atoms with Gasteiger partial charge in [-0.3, -0.25) is 4.79 Å². The molecule has 6 nitrogen and oxygen atoms in total. The van der Waals surface area contributed by atoms with E-state index < -0.39 is 5.82 Å². The van der Waals surface area contributed by atoms with Gasteiger partial charge in [0.15, 0.2) is 0 Å². The Balaban J connectivity index is 1.40. The van der Waals surface area contributed by atoms with Gasteiger partial charge in [0.25, 0.3) is 0 Å². The number of hydrogen-bond donors (Lipinski definition) is 1. The van der Waals surface area contributed by atoms with Gasteiger partial charge in [0.1, 0.15) is 18.0 Å². The normalized spacial score (nSPS) is 19.7. The molecule has 2 unspecified atom stereocenters. The largest absolute Gasteiger partial charge is 0.353 e. The first-order chi connectivity index (χ1) is 14.5. The molecule has 160 valence electrons. The summed E-state index contributed by atoms with van der Waals surface area (Å²) in [7, 11) is 0. The molecule has 2 N–H and O–H groups in total. The fourth-order valence-corrected chi connectivity index (χ4v) is 4.61. The number of aromatic nitrogens is 2. The second kappa shape index (κ2) is 8.86. The maximum atomic E-state index is 13.7. The van der Waals surface area contributed by atoms with Crippen LogP contribution in [0.4, 0.5) is 10.2 Å². The van der Waals surface area contributed by atoms with Crippen LogP contribution in [-0.2, 0) is 17.6 Å². The van der Waals surface area contributed by atoms with Gasteiger partial charge in [-0.1, -0.05) is 24.6 Å². The molecule has 2 aromatic rings. The molecule has 1 aliphatic carbocycles. The molecular formula is C22H27ClFN5O. The molecule has 30 heavy (non-hydrogen) atoms. The summed E-state index contributed by atoms with van der Waals surface area (Å²) in [5, 5.41) is 0.0796. The van der Waals surface area contributed by atoms with Crippen molar-refractivity contribution in [2.75, 3.05) is 37.6 Å². The van der Waals surface area contributed by atoms with Crippen molar-refractivity contribution in [3.63, 3.8) is 0 Å². The number of halogens is 2. The SMILES string of the molecule is CC1CCc2ncnc(N3CCN(C(=O)C(CN)Cc4ccc(Cl)c(F)c4)CC3)c21. The zero-order chi connectivity index (χ0) is 21.3. The van der Waals surface area contributed by atoms with Gasteiger partial charge in [0.05, 0.1) is 10.9 Å². The summed E-state index contributed by atoms with van der Waals surface area (Å²) in [6.07, 6.45) is 4.18. The quantitative estimate of drug-likeness (QED) is 0.787. The minimum absolute atomic E-state index is 0.0220. The van der Waals surface area contributed by atoms with E-state index in [2.05, 4.69) is 21.8 Å². The summed E-state index contributed by atoms with van der Waals surface area (Å²) in [5.74, 6) is 0.660. The molecule has 1 saturated heterocycles. The zero-order valence-corrected chi connectivity index (χ0v) is 17.9. The molecule has 1 amide bonds. The van der Waals surface area contributed by atoms with Gasteiger partial charge in [0.2, 0.25) is 5.91 Å². The van der Waals surface area contributed by atoms with Crippen molar-refractivity contribution in [3.8, 4) is 0 Å². The van der Waals surface area contributed by atoms with Crippen LogP contribution in [0, 0.1) is 11.7 Å². The molecule has 4 rings (SSSR count). The molecular weight excluding hydrogens is 405 g/mol. The fraction of sp³-hybridized carbons (Fsp3) is 0.500. The van der Waals surface area contributed by atoms with Crippen molar-refractivity contribution in [1.82, 2.24) is 14.9 Å². The van der Waals surface area contributed by atoms with Gasteiger partial charge in [-0.25, -0.2) is 14.4 Å². The maximum absolute atomic E-state index is 13.7. The second-order valence-electron chi connectivity index (χ2n) is 8.19. The van der Waals surface area contributed by atoms with Gasteiger partial charge >= 0.3 is 0 Å². The number of benzene rings is 1. The van der Waals surface area contributed by atoms with Crippen molar-refractivity contribution in [2.45, 2.75) is 32.1 Å². The standard InChI is InChI=1S/C22H27ClFN5O/c1-14-2-5-19-20(14)21(27-13-26-19)28-6-8-29(9-7-28)22(30)16(12-25)10-15-3-4-17(23)18(24)11-15/h3-4,11,13-14,16H,2,5-10,12,25H2,1H3. The van der Waals surface area contributed by atoms with Crippen LogP contribution in [0.25, 0.3) is 0 Å². The van der Waals surface area contributed by atoms with Gasteiger partial charge in [-0.2, -0.15) is 0 Å². The first kappa shape index (κ1) is 21.0. The smallest absolute Gasteiger partial charge is 0.227 e. The van der Waals surface area contributed by atoms with Crippen LogP contribution in [0.1, 0.15) is 36.1 Å². The lowest BCUT2D eigenvalue weighted by molar-refractivity contribution is -0.135. The molecule has 1 aromatic carbocycles. The third-order valence-corrected chi connectivity index (χ3v) is 6.55. The van der Waals surface area contributed by atoms with Crippen LogP contribution in [0.2, 0.25) is 5.02 Å². The van der Waals surface area contributed by atoms with Crippen LogP contribution < -0.4 is 10.6 Å². The summed E-state index contributed by atoms with van der Waals surface area (Å²) in [4.78, 5) is 26.2. The minimum atomic E-state index is -0.474. The molecule has 0 saturated carbocycles. The summed E-state index contributed by atoms with van der Waals surface area (Å²) in [6.45, 7) is 5.16. The van der Waals surface area contributed by atoms with Crippen LogP contribution in [0.3, 0.4) is 0 Å². The topological polar surface area (TPSA) is 75.4 Å². The summed E-state index contributed by atoms with van der Waals surface area (Å²) < 4.78 is 13.7. The number of anilines is 1. The molecule has 1 aromatic heterocycles. The van der Waals surface area contributed by atoms with Crippen LogP contribution in [0.15, 0.2) is 24.5 Å². The number of fused-ring (bicyclic) bond motifs is 1. The molecule has 0 radical (unpaired) electrons. The van der Waals surface area contributed by atoms with E-state index in [1.54, 1.807) is 12.4 Å². The maximum Gasteiger partial charge on any atom is 0.227 e. The number of nitrogens with zero attached hydrogens (tertiary/aromatic N) is 4. The van der Waals surface area contributed by atoms with Crippen molar-refractivity contribution in [2.24, 2.45) is 11.7 Å². The summed E-state index contributed by atoms with van der Waals surface area (Å²) in [5.41, 5.74) is 9.05. The van der Waals surface area contributed by atoms with E-state index in [1.807, 2.05) is 4.90 Å². The van der Waals surface area contributed by atoms with Gasteiger partial charge in [-0.15, -0.1) is 0 Å². The number of amides is 1. The van der Waals surface area contributed by atoms with E-state index in [-0.39, 0.29) is 23.4 Å². The molecule has 0 spiro atoms. The Labute approximate surface area is 181 Å². The molecule has 2 aliphatic rings. The number of piperazine rings is 1. The predicted molar refractivity (Wildman–Crippen MR) is 115 cm³/mol. The van der Waals surface area contributed by atoms with Crippen LogP contribution in [-0.4, -0.2) is 53.5 Å². The van der Waals surface area contributed by atoms with Gasteiger partial charge in [-0.05, 0) is 42.9 Å². The van der Waals surface area contributed by atoms with E-state index in [9.17, 15) is 9.18 Å². The highest BCUT2D eigenvalue weighted by Gasteiger charge is 2.31.